The van der Waals surface area contributed by atoms with Gasteiger partial charge in [-0.05, 0) is 26.0 Å². The summed E-state index contributed by atoms with van der Waals surface area (Å²) in [4.78, 5) is 12.7. The highest BCUT2D eigenvalue weighted by atomic mass is 16.4. The number of aryl methyl sites for hydroxylation is 1. The third kappa shape index (κ3) is 4.72. The van der Waals surface area contributed by atoms with Crippen molar-refractivity contribution in [2.24, 2.45) is 0 Å². The molecule has 0 aliphatic rings. The van der Waals surface area contributed by atoms with Crippen molar-refractivity contribution >= 4 is 11.7 Å². The van der Waals surface area contributed by atoms with Crippen molar-refractivity contribution in [1.82, 2.24) is 0 Å². The van der Waals surface area contributed by atoms with Crippen LogP contribution in [0.1, 0.15) is 18.9 Å². The van der Waals surface area contributed by atoms with Gasteiger partial charge in [0, 0.05) is 18.8 Å². The number of rotatable bonds is 6. The lowest BCUT2D eigenvalue weighted by molar-refractivity contribution is -0.136. The van der Waals surface area contributed by atoms with Crippen LogP contribution < -0.4 is 4.90 Å². The Labute approximate surface area is 102 Å². The van der Waals surface area contributed by atoms with E-state index in [0.29, 0.717) is 6.54 Å². The summed E-state index contributed by atoms with van der Waals surface area (Å²) in [5, 5.41) is 8.73. The van der Waals surface area contributed by atoms with Gasteiger partial charge in [0.05, 0.1) is 6.42 Å². The van der Waals surface area contributed by atoms with E-state index in [0.717, 1.165) is 12.2 Å². The van der Waals surface area contributed by atoms with E-state index in [1.165, 1.54) is 5.56 Å². The number of hydrogen-bond acceptors (Lipinski definition) is 2. The Balaban J connectivity index is 2.73. The smallest absolute Gasteiger partial charge is 0.305 e. The lowest BCUT2D eigenvalue weighted by Gasteiger charge is -2.22. The van der Waals surface area contributed by atoms with Crippen LogP contribution in [0.4, 0.5) is 5.69 Å². The number of allylic oxidation sites excluding steroid dienone is 1. The lowest BCUT2D eigenvalue weighted by atomic mass is 10.2. The number of nitrogens with zero attached hydrogens (tertiary/aromatic N) is 1. The summed E-state index contributed by atoms with van der Waals surface area (Å²) in [5.74, 6) is -0.761. The van der Waals surface area contributed by atoms with Gasteiger partial charge < -0.3 is 10.0 Å². The molecular weight excluding hydrogens is 214 g/mol. The first-order chi connectivity index (χ1) is 8.13. The molecule has 92 valence electrons. The fraction of sp³-hybridized carbons (Fsp3) is 0.357. The molecule has 17 heavy (non-hydrogen) atoms. The van der Waals surface area contributed by atoms with E-state index < -0.39 is 5.97 Å². The number of benzene rings is 1. The minimum Gasteiger partial charge on any atom is -0.481 e. The Hall–Kier alpha value is -1.77. The molecule has 0 fully saturated rings. The summed E-state index contributed by atoms with van der Waals surface area (Å²) in [7, 11) is 0. The molecule has 0 atom stereocenters. The Bertz CT molecular complexity index is 382. The van der Waals surface area contributed by atoms with E-state index in [-0.39, 0.29) is 6.42 Å². The van der Waals surface area contributed by atoms with Crippen LogP contribution in [0.15, 0.2) is 36.4 Å². The SMILES string of the molecule is C/C=C/CN(CCC(=O)O)c1ccc(C)cc1. The quantitative estimate of drug-likeness (QED) is 0.768. The van der Waals surface area contributed by atoms with Gasteiger partial charge in [-0.1, -0.05) is 29.8 Å². The largest absolute Gasteiger partial charge is 0.481 e. The lowest BCUT2D eigenvalue weighted by Crippen LogP contribution is -2.26. The van der Waals surface area contributed by atoms with Crippen LogP contribution in [-0.4, -0.2) is 24.2 Å². The van der Waals surface area contributed by atoms with Crippen molar-refractivity contribution in [3.05, 3.63) is 42.0 Å². The van der Waals surface area contributed by atoms with Crippen LogP contribution in [0, 0.1) is 6.92 Å². The van der Waals surface area contributed by atoms with Gasteiger partial charge in [-0.15, -0.1) is 0 Å². The summed E-state index contributed by atoms with van der Waals surface area (Å²) in [6.07, 6.45) is 4.16. The maximum absolute atomic E-state index is 10.6. The molecule has 1 aromatic carbocycles. The van der Waals surface area contributed by atoms with Crippen molar-refractivity contribution in [2.45, 2.75) is 20.3 Å². The predicted molar refractivity (Wildman–Crippen MR) is 70.5 cm³/mol. The molecule has 1 N–H and O–H groups in total. The van der Waals surface area contributed by atoms with Crippen molar-refractivity contribution in [2.75, 3.05) is 18.0 Å². The van der Waals surface area contributed by atoms with E-state index in [1.807, 2.05) is 50.3 Å². The second-order valence-corrected chi connectivity index (χ2v) is 3.99. The summed E-state index contributed by atoms with van der Waals surface area (Å²) in [6, 6.07) is 8.14. The first-order valence-electron chi connectivity index (χ1n) is 5.78. The van der Waals surface area contributed by atoms with E-state index >= 15 is 0 Å². The van der Waals surface area contributed by atoms with Gasteiger partial charge in [0.15, 0.2) is 0 Å². The second kappa shape index (κ2) is 6.74. The number of anilines is 1. The molecule has 0 unspecified atom stereocenters. The monoisotopic (exact) mass is 233 g/mol. The van der Waals surface area contributed by atoms with Gasteiger partial charge in [-0.25, -0.2) is 0 Å². The zero-order chi connectivity index (χ0) is 12.7. The number of aliphatic carboxylic acids is 1. The van der Waals surface area contributed by atoms with Crippen molar-refractivity contribution < 1.29 is 9.90 Å². The summed E-state index contributed by atoms with van der Waals surface area (Å²) in [5.41, 5.74) is 2.27. The highest BCUT2D eigenvalue weighted by molar-refractivity contribution is 5.67. The zero-order valence-corrected chi connectivity index (χ0v) is 10.4. The fourth-order valence-corrected chi connectivity index (χ4v) is 1.54. The number of carboxylic acid groups (broad SMARTS) is 1. The molecule has 0 amide bonds. The highest BCUT2D eigenvalue weighted by Gasteiger charge is 2.06. The number of carbonyl (C=O) groups is 1. The summed E-state index contributed by atoms with van der Waals surface area (Å²) in [6.45, 7) is 5.28. The molecule has 3 nitrogen and oxygen atoms in total. The highest BCUT2D eigenvalue weighted by Crippen LogP contribution is 2.15. The summed E-state index contributed by atoms with van der Waals surface area (Å²) < 4.78 is 0. The van der Waals surface area contributed by atoms with E-state index in [1.54, 1.807) is 0 Å². The standard InChI is InChI=1S/C14H19NO2/c1-3-4-10-15(11-9-14(16)17)13-7-5-12(2)6-8-13/h3-8H,9-11H2,1-2H3,(H,16,17)/b4-3+. The van der Waals surface area contributed by atoms with Crippen LogP contribution in [0.3, 0.4) is 0 Å². The molecule has 0 spiro atoms. The van der Waals surface area contributed by atoms with E-state index in [2.05, 4.69) is 4.90 Å². The molecule has 0 heterocycles. The third-order valence-corrected chi connectivity index (χ3v) is 2.56. The molecule has 0 aliphatic heterocycles. The average molecular weight is 233 g/mol. The average Bonchev–Trinajstić information content (AvgIpc) is 2.30. The Morgan fingerprint density at radius 2 is 2.00 bits per heavy atom. The Morgan fingerprint density at radius 3 is 2.53 bits per heavy atom. The van der Waals surface area contributed by atoms with Crippen molar-refractivity contribution in [3.8, 4) is 0 Å². The van der Waals surface area contributed by atoms with Crippen LogP contribution in [0.2, 0.25) is 0 Å². The molecule has 3 heteroatoms. The Kier molecular flexibility index (Phi) is 5.27. The fourth-order valence-electron chi connectivity index (χ4n) is 1.54. The molecule has 0 bridgehead atoms. The van der Waals surface area contributed by atoms with Gasteiger partial charge in [0.25, 0.3) is 0 Å². The molecule has 0 saturated heterocycles. The normalized spacial score (nSPS) is 10.7. The Morgan fingerprint density at radius 1 is 1.35 bits per heavy atom. The molecule has 0 radical (unpaired) electrons. The second-order valence-electron chi connectivity index (χ2n) is 3.99. The van der Waals surface area contributed by atoms with Crippen molar-refractivity contribution in [1.29, 1.82) is 0 Å². The first-order valence-corrected chi connectivity index (χ1v) is 5.78. The number of carboxylic acids is 1. The first kappa shape index (κ1) is 13.3. The molecule has 0 saturated carbocycles. The van der Waals surface area contributed by atoms with Gasteiger partial charge in [0.2, 0.25) is 0 Å². The maximum Gasteiger partial charge on any atom is 0.305 e. The predicted octanol–water partition coefficient (Wildman–Crippen LogP) is 2.85. The topological polar surface area (TPSA) is 40.5 Å². The van der Waals surface area contributed by atoms with Gasteiger partial charge >= 0.3 is 5.97 Å². The molecule has 1 aromatic rings. The zero-order valence-electron chi connectivity index (χ0n) is 10.4. The minimum atomic E-state index is -0.761. The van der Waals surface area contributed by atoms with Gasteiger partial charge in [0.1, 0.15) is 0 Å². The molecule has 0 aromatic heterocycles. The molecule has 1 rings (SSSR count). The summed E-state index contributed by atoms with van der Waals surface area (Å²) >= 11 is 0. The van der Waals surface area contributed by atoms with Crippen molar-refractivity contribution in [3.63, 3.8) is 0 Å². The number of hydrogen-bond donors (Lipinski definition) is 1. The van der Waals surface area contributed by atoms with E-state index in [9.17, 15) is 4.79 Å². The van der Waals surface area contributed by atoms with Crippen LogP contribution in [0.5, 0.6) is 0 Å². The molecule has 0 aliphatic carbocycles. The van der Waals surface area contributed by atoms with Gasteiger partial charge in [-0.3, -0.25) is 4.79 Å². The van der Waals surface area contributed by atoms with Crippen LogP contribution >= 0.6 is 0 Å². The van der Waals surface area contributed by atoms with Gasteiger partial charge in [-0.2, -0.15) is 0 Å². The maximum atomic E-state index is 10.6. The minimum absolute atomic E-state index is 0.158. The third-order valence-electron chi connectivity index (χ3n) is 2.56. The molecular formula is C14H19NO2. The van der Waals surface area contributed by atoms with E-state index in [4.69, 9.17) is 5.11 Å². The van der Waals surface area contributed by atoms with Crippen LogP contribution in [0.25, 0.3) is 0 Å². The van der Waals surface area contributed by atoms with Crippen LogP contribution in [-0.2, 0) is 4.79 Å².